The van der Waals surface area contributed by atoms with Gasteiger partial charge in [-0.25, -0.2) is 13.6 Å². The van der Waals surface area contributed by atoms with Crippen LogP contribution < -0.4 is 5.14 Å². The molecule has 0 aliphatic heterocycles. The third-order valence-corrected chi connectivity index (χ3v) is 2.99. The van der Waals surface area contributed by atoms with E-state index in [0.29, 0.717) is 18.2 Å². The number of rotatable bonds is 4. The van der Waals surface area contributed by atoms with E-state index < -0.39 is 10.0 Å². The highest BCUT2D eigenvalue weighted by Crippen LogP contribution is 2.09. The van der Waals surface area contributed by atoms with Gasteiger partial charge in [0, 0.05) is 13.5 Å². The highest BCUT2D eigenvalue weighted by Gasteiger charge is 2.18. The second-order valence-electron chi connectivity index (χ2n) is 3.94. The maximum Gasteiger partial charge on any atom is 0.273 e. The summed E-state index contributed by atoms with van der Waals surface area (Å²) >= 11 is 0. The minimum Gasteiger partial charge on any atom is -0.304 e. The molecule has 0 aliphatic carbocycles. The van der Waals surface area contributed by atoms with Crippen molar-refractivity contribution in [2.45, 2.75) is 31.8 Å². The third kappa shape index (κ3) is 3.00. The Bertz CT molecular complexity index is 435. The van der Waals surface area contributed by atoms with E-state index in [2.05, 4.69) is 24.0 Å². The molecule has 15 heavy (non-hydrogen) atoms. The Morgan fingerprint density at radius 2 is 2.00 bits per heavy atom. The van der Waals surface area contributed by atoms with Crippen LogP contribution in [0.3, 0.4) is 0 Å². The molecule has 0 aliphatic rings. The summed E-state index contributed by atoms with van der Waals surface area (Å²) < 4.78 is 23.5. The number of aromatic nitrogens is 3. The number of nitrogens with zero attached hydrogens (tertiary/aromatic N) is 3. The molecule has 2 N–H and O–H groups in total. The van der Waals surface area contributed by atoms with Crippen LogP contribution in [0, 0.1) is 5.92 Å². The summed E-state index contributed by atoms with van der Waals surface area (Å²) in [6, 6.07) is 0. The van der Waals surface area contributed by atoms with Crippen molar-refractivity contribution in [3.8, 4) is 0 Å². The van der Waals surface area contributed by atoms with Crippen LogP contribution in [-0.2, 0) is 23.5 Å². The summed E-state index contributed by atoms with van der Waals surface area (Å²) in [5, 5.41) is 12.2. The molecule has 1 heterocycles. The molecule has 0 spiro atoms. The Morgan fingerprint density at radius 1 is 1.40 bits per heavy atom. The molecule has 1 rings (SSSR count). The van der Waals surface area contributed by atoms with Crippen molar-refractivity contribution in [2.75, 3.05) is 0 Å². The summed E-state index contributed by atoms with van der Waals surface area (Å²) in [5.41, 5.74) is 0. The van der Waals surface area contributed by atoms with E-state index >= 15 is 0 Å². The summed E-state index contributed by atoms with van der Waals surface area (Å²) in [5.74, 6) is 1.19. The molecule has 0 atom stereocenters. The Hall–Kier alpha value is -0.950. The van der Waals surface area contributed by atoms with Gasteiger partial charge in [0.25, 0.3) is 15.2 Å². The van der Waals surface area contributed by atoms with Crippen molar-refractivity contribution in [3.05, 3.63) is 5.82 Å². The predicted molar refractivity (Wildman–Crippen MR) is 55.5 cm³/mol. The van der Waals surface area contributed by atoms with Crippen LogP contribution in [0.25, 0.3) is 0 Å². The summed E-state index contributed by atoms with van der Waals surface area (Å²) in [6.45, 7) is 4.19. The number of primary sulfonamides is 1. The third-order valence-electron chi connectivity index (χ3n) is 2.12. The maximum absolute atomic E-state index is 11.1. The summed E-state index contributed by atoms with van der Waals surface area (Å²) in [7, 11) is -2.16. The second-order valence-corrected chi connectivity index (χ2v) is 5.39. The zero-order valence-electron chi connectivity index (χ0n) is 9.14. The minimum absolute atomic E-state index is 0.179. The van der Waals surface area contributed by atoms with Crippen molar-refractivity contribution in [1.82, 2.24) is 14.8 Å². The Labute approximate surface area is 89.5 Å². The largest absolute Gasteiger partial charge is 0.304 e. The maximum atomic E-state index is 11.1. The molecule has 0 radical (unpaired) electrons. The van der Waals surface area contributed by atoms with Gasteiger partial charge in [-0.15, -0.1) is 10.2 Å². The smallest absolute Gasteiger partial charge is 0.273 e. The van der Waals surface area contributed by atoms with Gasteiger partial charge < -0.3 is 4.57 Å². The van der Waals surface area contributed by atoms with Crippen LogP contribution in [0.2, 0.25) is 0 Å². The monoisotopic (exact) mass is 232 g/mol. The topological polar surface area (TPSA) is 90.9 Å². The van der Waals surface area contributed by atoms with Gasteiger partial charge >= 0.3 is 0 Å². The minimum atomic E-state index is -3.76. The van der Waals surface area contributed by atoms with Gasteiger partial charge in [0.1, 0.15) is 5.82 Å². The molecule has 0 saturated carbocycles. The fourth-order valence-electron chi connectivity index (χ4n) is 1.23. The highest BCUT2D eigenvalue weighted by molar-refractivity contribution is 7.89. The van der Waals surface area contributed by atoms with Gasteiger partial charge in [-0.1, -0.05) is 13.8 Å². The molecule has 6 nitrogen and oxygen atoms in total. The summed E-state index contributed by atoms with van der Waals surface area (Å²) in [4.78, 5) is 0. The molecular formula is C8H16N4O2S. The molecule has 7 heteroatoms. The average molecular weight is 232 g/mol. The molecule has 0 unspecified atom stereocenters. The number of aryl methyl sites for hydroxylation is 1. The normalized spacial score (nSPS) is 12.3. The van der Waals surface area contributed by atoms with Crippen LogP contribution >= 0.6 is 0 Å². The van der Waals surface area contributed by atoms with Gasteiger partial charge in [0.05, 0.1) is 0 Å². The summed E-state index contributed by atoms with van der Waals surface area (Å²) in [6.07, 6.45) is 1.65. The number of sulfonamides is 1. The van der Waals surface area contributed by atoms with E-state index in [1.807, 2.05) is 0 Å². The molecule has 0 fully saturated rings. The quantitative estimate of drug-likeness (QED) is 0.794. The van der Waals surface area contributed by atoms with Gasteiger partial charge in [-0.3, -0.25) is 0 Å². The highest BCUT2D eigenvalue weighted by atomic mass is 32.2. The number of nitrogens with two attached hydrogens (primary N) is 1. The predicted octanol–water partition coefficient (Wildman–Crippen LogP) is 0.0511. The molecule has 1 aromatic heterocycles. The number of hydrogen-bond donors (Lipinski definition) is 1. The number of hydrogen-bond acceptors (Lipinski definition) is 4. The fourth-order valence-corrected chi connectivity index (χ4v) is 1.87. The molecule has 0 aromatic carbocycles. The van der Waals surface area contributed by atoms with E-state index in [1.165, 1.54) is 4.57 Å². The van der Waals surface area contributed by atoms with Gasteiger partial charge in [-0.05, 0) is 12.3 Å². The van der Waals surface area contributed by atoms with E-state index in [-0.39, 0.29) is 5.16 Å². The van der Waals surface area contributed by atoms with E-state index in [4.69, 9.17) is 5.14 Å². The molecular weight excluding hydrogens is 216 g/mol. The first kappa shape index (κ1) is 12.1. The Morgan fingerprint density at radius 3 is 2.40 bits per heavy atom. The van der Waals surface area contributed by atoms with Gasteiger partial charge in [-0.2, -0.15) is 0 Å². The molecule has 0 amide bonds. The fraction of sp³-hybridized carbons (Fsp3) is 0.750. The van der Waals surface area contributed by atoms with Gasteiger partial charge in [0.2, 0.25) is 0 Å². The first-order valence-corrected chi connectivity index (χ1v) is 6.28. The van der Waals surface area contributed by atoms with Gasteiger partial charge in [0.15, 0.2) is 0 Å². The lowest BCUT2D eigenvalue weighted by Crippen LogP contribution is -2.17. The molecule has 0 saturated heterocycles. The van der Waals surface area contributed by atoms with Crippen molar-refractivity contribution >= 4 is 10.0 Å². The van der Waals surface area contributed by atoms with E-state index in [9.17, 15) is 8.42 Å². The average Bonchev–Trinajstić information content (AvgIpc) is 2.42. The SMILES string of the molecule is CC(C)CCc1nnc(S(N)(=O)=O)n1C. The molecule has 1 aromatic rings. The van der Waals surface area contributed by atoms with Crippen molar-refractivity contribution < 1.29 is 8.42 Å². The Balaban J connectivity index is 2.90. The zero-order chi connectivity index (χ0) is 11.6. The first-order valence-electron chi connectivity index (χ1n) is 4.73. The zero-order valence-corrected chi connectivity index (χ0v) is 9.95. The standard InChI is InChI=1S/C8H16N4O2S/c1-6(2)4-5-7-10-11-8(12(7)3)15(9,13)14/h6H,4-5H2,1-3H3,(H2,9,13,14). The second kappa shape index (κ2) is 4.28. The lowest BCUT2D eigenvalue weighted by atomic mass is 10.1. The Kier molecular flexibility index (Phi) is 3.46. The van der Waals surface area contributed by atoms with Crippen LogP contribution in [0.5, 0.6) is 0 Å². The van der Waals surface area contributed by atoms with Crippen molar-refractivity contribution in [3.63, 3.8) is 0 Å². The van der Waals surface area contributed by atoms with Crippen LogP contribution in [0.15, 0.2) is 5.16 Å². The molecule has 0 bridgehead atoms. The van der Waals surface area contributed by atoms with Crippen molar-refractivity contribution in [1.29, 1.82) is 0 Å². The van der Waals surface area contributed by atoms with E-state index in [1.54, 1.807) is 7.05 Å². The van der Waals surface area contributed by atoms with Crippen LogP contribution in [-0.4, -0.2) is 23.2 Å². The molecule has 86 valence electrons. The first-order chi connectivity index (χ1) is 6.82. The van der Waals surface area contributed by atoms with E-state index in [0.717, 1.165) is 6.42 Å². The van der Waals surface area contributed by atoms with Crippen molar-refractivity contribution in [2.24, 2.45) is 18.1 Å². The van der Waals surface area contributed by atoms with Crippen LogP contribution in [0.1, 0.15) is 26.1 Å². The van der Waals surface area contributed by atoms with Crippen LogP contribution in [0.4, 0.5) is 0 Å². The lowest BCUT2D eigenvalue weighted by Gasteiger charge is -2.04. The lowest BCUT2D eigenvalue weighted by molar-refractivity contribution is 0.555.